The first-order valence-electron chi connectivity index (χ1n) is 3.71. The Balaban J connectivity index is 3.03. The van der Waals surface area contributed by atoms with Crippen LogP contribution in [0.5, 0.6) is 0 Å². The van der Waals surface area contributed by atoms with Crippen molar-refractivity contribution >= 4 is 27.2 Å². The third kappa shape index (κ3) is 3.43. The third-order valence-electron chi connectivity index (χ3n) is 1.28. The Hall–Kier alpha value is -0.940. The van der Waals surface area contributed by atoms with Gasteiger partial charge in [-0.3, -0.25) is 4.79 Å². The van der Waals surface area contributed by atoms with E-state index < -0.39 is 15.6 Å². The Morgan fingerprint density at radius 3 is 2.57 bits per heavy atom. The normalized spacial score (nSPS) is 11.1. The average Bonchev–Trinajstić information content (AvgIpc) is 2.02. The van der Waals surface area contributed by atoms with E-state index in [-0.39, 0.29) is 5.56 Å². The zero-order valence-electron chi connectivity index (χ0n) is 7.73. The molecule has 0 saturated carbocycles. The van der Waals surface area contributed by atoms with E-state index in [0.717, 1.165) is 0 Å². The van der Waals surface area contributed by atoms with Gasteiger partial charge in [-0.15, -0.1) is 0 Å². The summed E-state index contributed by atoms with van der Waals surface area (Å²) in [6.45, 7) is 0. The van der Waals surface area contributed by atoms with Crippen LogP contribution in [0.25, 0.3) is 0 Å². The highest BCUT2D eigenvalue weighted by atomic mass is 35.5. The molecule has 1 amide bonds. The molecule has 1 aromatic rings. The van der Waals surface area contributed by atoms with Gasteiger partial charge in [-0.25, -0.2) is 9.19 Å². The van der Waals surface area contributed by atoms with Crippen molar-refractivity contribution in [1.29, 1.82) is 0 Å². The molecule has 0 atom stereocenters. The van der Waals surface area contributed by atoms with E-state index >= 15 is 0 Å². The topological polar surface area (TPSA) is 59.4 Å². The second-order valence-corrected chi connectivity index (χ2v) is 5.88. The molecule has 76 valence electrons. The molecule has 1 aromatic heterocycles. The Labute approximate surface area is 87.5 Å². The van der Waals surface area contributed by atoms with Crippen LogP contribution < -0.4 is 0 Å². The lowest BCUT2D eigenvalue weighted by atomic mass is 10.3. The summed E-state index contributed by atoms with van der Waals surface area (Å²) in [6.07, 6.45) is 4.10. The van der Waals surface area contributed by atoms with E-state index in [4.69, 9.17) is 11.6 Å². The molecule has 0 unspecified atom stereocenters. The summed E-state index contributed by atoms with van der Waals surface area (Å²) in [4.78, 5) is 15.1. The molecular weight excluding hydrogens is 224 g/mol. The average molecular weight is 233 g/mol. The molecule has 0 aliphatic heterocycles. The SMILES string of the molecule is CS(C)(=O)=NC(=O)c1ccc(Cl)nc1. The van der Waals surface area contributed by atoms with Crippen LogP contribution in [0.3, 0.4) is 0 Å². The number of aromatic nitrogens is 1. The molecule has 6 heteroatoms. The van der Waals surface area contributed by atoms with Crippen molar-refractivity contribution < 1.29 is 9.00 Å². The van der Waals surface area contributed by atoms with Gasteiger partial charge in [0.1, 0.15) is 5.15 Å². The van der Waals surface area contributed by atoms with E-state index in [1.165, 1.54) is 30.8 Å². The van der Waals surface area contributed by atoms with Crippen LogP contribution in [0, 0.1) is 0 Å². The largest absolute Gasteiger partial charge is 0.286 e. The van der Waals surface area contributed by atoms with Crippen LogP contribution in [0.1, 0.15) is 10.4 Å². The van der Waals surface area contributed by atoms with Crippen molar-refractivity contribution in [2.75, 3.05) is 12.5 Å². The summed E-state index contributed by atoms with van der Waals surface area (Å²) < 4.78 is 14.7. The van der Waals surface area contributed by atoms with E-state index in [2.05, 4.69) is 9.35 Å². The van der Waals surface area contributed by atoms with Crippen LogP contribution in [0.2, 0.25) is 5.15 Å². The van der Waals surface area contributed by atoms with Gasteiger partial charge in [0.25, 0.3) is 5.91 Å². The molecule has 0 saturated heterocycles. The van der Waals surface area contributed by atoms with Crippen LogP contribution in [0.4, 0.5) is 0 Å². The fraction of sp³-hybridized carbons (Fsp3) is 0.250. The number of hydrogen-bond acceptors (Lipinski definition) is 3. The molecule has 4 nitrogen and oxygen atoms in total. The fourth-order valence-corrected chi connectivity index (χ4v) is 1.37. The third-order valence-corrected chi connectivity index (χ3v) is 2.11. The molecule has 0 aliphatic rings. The zero-order valence-corrected chi connectivity index (χ0v) is 9.30. The van der Waals surface area contributed by atoms with E-state index in [1.807, 2.05) is 0 Å². The molecule has 1 rings (SSSR count). The number of rotatable bonds is 1. The van der Waals surface area contributed by atoms with Crippen molar-refractivity contribution in [3.63, 3.8) is 0 Å². The molecule has 0 aromatic carbocycles. The maximum Gasteiger partial charge on any atom is 0.286 e. The first-order valence-corrected chi connectivity index (χ1v) is 6.42. The number of amides is 1. The Morgan fingerprint density at radius 2 is 2.14 bits per heavy atom. The highest BCUT2D eigenvalue weighted by Crippen LogP contribution is 2.06. The molecule has 0 radical (unpaired) electrons. The summed E-state index contributed by atoms with van der Waals surface area (Å²) in [5, 5.41) is 0.301. The smallest absolute Gasteiger partial charge is 0.266 e. The van der Waals surface area contributed by atoms with Crippen LogP contribution in [0.15, 0.2) is 22.7 Å². The Morgan fingerprint density at radius 1 is 1.50 bits per heavy atom. The predicted octanol–water partition coefficient (Wildman–Crippen LogP) is 1.60. The van der Waals surface area contributed by atoms with Crippen LogP contribution in [-0.4, -0.2) is 27.6 Å². The summed E-state index contributed by atoms with van der Waals surface area (Å²) in [7, 11) is -2.42. The molecule has 0 bridgehead atoms. The number of pyridine rings is 1. The maximum absolute atomic E-state index is 11.3. The van der Waals surface area contributed by atoms with Gasteiger partial charge in [-0.2, -0.15) is 4.36 Å². The number of carbonyl (C=O) groups is 1. The molecular formula is C8H9ClN2O2S. The lowest BCUT2D eigenvalue weighted by Crippen LogP contribution is -2.01. The summed E-state index contributed by atoms with van der Waals surface area (Å²) in [5.74, 6) is -0.538. The van der Waals surface area contributed by atoms with E-state index in [1.54, 1.807) is 0 Å². The maximum atomic E-state index is 11.3. The monoisotopic (exact) mass is 232 g/mol. The first-order chi connectivity index (χ1) is 6.38. The fourth-order valence-electron chi connectivity index (χ4n) is 0.755. The second kappa shape index (κ2) is 4.06. The summed E-state index contributed by atoms with van der Waals surface area (Å²) in [5.41, 5.74) is 0.283. The van der Waals surface area contributed by atoms with Crippen molar-refractivity contribution in [3.8, 4) is 0 Å². The molecule has 0 N–H and O–H groups in total. The second-order valence-electron chi connectivity index (χ2n) is 2.95. The van der Waals surface area contributed by atoms with Crippen molar-refractivity contribution in [1.82, 2.24) is 4.98 Å². The Kier molecular flexibility index (Phi) is 3.23. The van der Waals surface area contributed by atoms with Gasteiger partial charge in [-0.05, 0) is 12.1 Å². The molecule has 14 heavy (non-hydrogen) atoms. The highest BCUT2D eigenvalue weighted by molar-refractivity contribution is 7.92. The van der Waals surface area contributed by atoms with Crippen molar-refractivity contribution in [3.05, 3.63) is 29.0 Å². The minimum absolute atomic E-state index is 0.283. The van der Waals surface area contributed by atoms with Gasteiger partial charge in [0.15, 0.2) is 0 Å². The minimum atomic E-state index is -2.42. The minimum Gasteiger partial charge on any atom is -0.266 e. The molecule has 1 heterocycles. The summed E-state index contributed by atoms with van der Waals surface area (Å²) in [6, 6.07) is 2.98. The van der Waals surface area contributed by atoms with Crippen molar-refractivity contribution in [2.24, 2.45) is 4.36 Å². The van der Waals surface area contributed by atoms with Crippen LogP contribution >= 0.6 is 11.6 Å². The van der Waals surface area contributed by atoms with Gasteiger partial charge >= 0.3 is 0 Å². The van der Waals surface area contributed by atoms with Gasteiger partial charge in [-0.1, -0.05) is 11.6 Å². The Bertz CT molecular complexity index is 453. The quantitative estimate of drug-likeness (QED) is 0.691. The molecule has 0 aliphatic carbocycles. The standard InChI is InChI=1S/C8H9ClN2O2S/c1-14(2,13)11-8(12)6-3-4-7(9)10-5-6/h3-5H,1-2H3. The van der Waals surface area contributed by atoms with Gasteiger partial charge in [0.05, 0.1) is 5.56 Å². The van der Waals surface area contributed by atoms with Crippen molar-refractivity contribution in [2.45, 2.75) is 0 Å². The van der Waals surface area contributed by atoms with Gasteiger partial charge in [0.2, 0.25) is 0 Å². The molecule has 0 fully saturated rings. The highest BCUT2D eigenvalue weighted by Gasteiger charge is 2.05. The van der Waals surface area contributed by atoms with E-state index in [9.17, 15) is 9.00 Å². The van der Waals surface area contributed by atoms with Gasteiger partial charge < -0.3 is 0 Å². The molecule has 0 spiro atoms. The van der Waals surface area contributed by atoms with E-state index in [0.29, 0.717) is 5.15 Å². The number of nitrogens with zero attached hydrogens (tertiary/aromatic N) is 2. The lowest BCUT2D eigenvalue weighted by molar-refractivity contribution is 0.100. The first kappa shape index (κ1) is 11.1. The lowest BCUT2D eigenvalue weighted by Gasteiger charge is -1.96. The van der Waals surface area contributed by atoms with Gasteiger partial charge in [0, 0.05) is 28.4 Å². The number of carbonyl (C=O) groups excluding carboxylic acids is 1. The zero-order chi connectivity index (χ0) is 10.8. The van der Waals surface area contributed by atoms with Crippen LogP contribution in [-0.2, 0) is 9.73 Å². The predicted molar refractivity (Wildman–Crippen MR) is 56.0 cm³/mol. The number of halogens is 1. The summed E-state index contributed by atoms with van der Waals surface area (Å²) >= 11 is 5.54. The number of hydrogen-bond donors (Lipinski definition) is 0.